The summed E-state index contributed by atoms with van der Waals surface area (Å²) in [5.41, 5.74) is 13.0. The highest BCUT2D eigenvalue weighted by atomic mass is 16.4. The molecule has 0 fully saturated rings. The molecule has 3 amide bonds. The van der Waals surface area contributed by atoms with Crippen LogP contribution in [0.2, 0.25) is 0 Å². The first-order valence-corrected chi connectivity index (χ1v) is 12.4. The van der Waals surface area contributed by atoms with Gasteiger partial charge in [-0.2, -0.15) is 0 Å². The molecule has 38 heavy (non-hydrogen) atoms. The van der Waals surface area contributed by atoms with Gasteiger partial charge in [0.15, 0.2) is 6.04 Å². The van der Waals surface area contributed by atoms with Crippen molar-refractivity contribution in [3.05, 3.63) is 54.1 Å². The standard InChI is InChI=1S/C25H37N7O6/c1-15(33)21(25(37)38)32-23(35)19(9-5-6-10-26)30-24(36)20(11-16-7-3-2-4-8-16)31-22(34)18(27)12-17-13-28-14-29-17/h2-4,7-8,13-15,18-21,33H,5-6,9-12,26-27H2,1H3,(H,28,29)(H,30,36)(H,31,34)(H,32,35)(H,37,38). The number of amides is 3. The van der Waals surface area contributed by atoms with Gasteiger partial charge in [-0.15, -0.1) is 0 Å². The van der Waals surface area contributed by atoms with Crippen molar-refractivity contribution in [2.45, 2.75) is 69.3 Å². The Labute approximate surface area is 220 Å². The summed E-state index contributed by atoms with van der Waals surface area (Å²) >= 11 is 0. The molecule has 0 spiro atoms. The maximum atomic E-state index is 13.4. The minimum absolute atomic E-state index is 0.123. The van der Waals surface area contributed by atoms with Crippen LogP contribution in [0.4, 0.5) is 0 Å². The van der Waals surface area contributed by atoms with Crippen LogP contribution in [0.25, 0.3) is 0 Å². The number of imidazole rings is 1. The molecule has 1 aromatic carbocycles. The Morgan fingerprint density at radius 1 is 0.974 bits per heavy atom. The zero-order valence-electron chi connectivity index (χ0n) is 21.3. The molecular formula is C25H37N7O6. The van der Waals surface area contributed by atoms with E-state index in [2.05, 4.69) is 25.9 Å². The molecule has 5 unspecified atom stereocenters. The van der Waals surface area contributed by atoms with E-state index in [0.29, 0.717) is 25.1 Å². The van der Waals surface area contributed by atoms with Crippen molar-refractivity contribution in [1.29, 1.82) is 0 Å². The average Bonchev–Trinajstić information content (AvgIpc) is 3.39. The summed E-state index contributed by atoms with van der Waals surface area (Å²) in [6.07, 6.45) is 3.17. The van der Waals surface area contributed by atoms with Crippen molar-refractivity contribution in [3.63, 3.8) is 0 Å². The normalized spacial score (nSPS) is 14.9. The van der Waals surface area contributed by atoms with Gasteiger partial charge in [-0.1, -0.05) is 30.3 Å². The fourth-order valence-corrected chi connectivity index (χ4v) is 3.74. The van der Waals surface area contributed by atoms with Crippen LogP contribution in [0.15, 0.2) is 42.9 Å². The number of aromatic nitrogens is 2. The molecule has 208 valence electrons. The average molecular weight is 532 g/mol. The Kier molecular flexibility index (Phi) is 12.4. The quantitative estimate of drug-likeness (QED) is 0.119. The number of rotatable bonds is 16. The van der Waals surface area contributed by atoms with Crippen LogP contribution in [-0.4, -0.2) is 80.7 Å². The van der Waals surface area contributed by atoms with Crippen LogP contribution in [0.5, 0.6) is 0 Å². The number of nitrogens with one attached hydrogen (secondary N) is 4. The van der Waals surface area contributed by atoms with Crippen LogP contribution >= 0.6 is 0 Å². The molecule has 0 aliphatic rings. The van der Waals surface area contributed by atoms with Crippen molar-refractivity contribution in [3.8, 4) is 0 Å². The fourth-order valence-electron chi connectivity index (χ4n) is 3.74. The second-order valence-electron chi connectivity index (χ2n) is 9.05. The van der Waals surface area contributed by atoms with Gasteiger partial charge in [0.25, 0.3) is 0 Å². The monoisotopic (exact) mass is 531 g/mol. The Morgan fingerprint density at radius 3 is 2.21 bits per heavy atom. The zero-order chi connectivity index (χ0) is 28.1. The van der Waals surface area contributed by atoms with E-state index in [-0.39, 0.29) is 19.3 Å². The molecule has 2 aromatic rings. The summed E-state index contributed by atoms with van der Waals surface area (Å²) in [5, 5.41) is 26.6. The lowest BCUT2D eigenvalue weighted by atomic mass is 10.0. The first kappa shape index (κ1) is 30.4. The molecule has 13 nitrogen and oxygen atoms in total. The van der Waals surface area contributed by atoms with Gasteiger partial charge in [-0.05, 0) is 38.3 Å². The number of carbonyl (C=O) groups is 4. The lowest BCUT2D eigenvalue weighted by molar-refractivity contribution is -0.145. The van der Waals surface area contributed by atoms with E-state index >= 15 is 0 Å². The summed E-state index contributed by atoms with van der Waals surface area (Å²) in [5.74, 6) is -3.40. The number of benzene rings is 1. The molecule has 0 saturated carbocycles. The molecule has 0 radical (unpaired) electrons. The number of carboxylic acids is 1. The minimum atomic E-state index is -1.56. The van der Waals surface area contributed by atoms with Crippen LogP contribution < -0.4 is 27.4 Å². The number of aliphatic carboxylic acids is 1. The SMILES string of the molecule is CC(O)C(NC(=O)C(CCCCN)NC(=O)C(Cc1ccccc1)NC(=O)C(N)Cc1cnc[nH]1)C(=O)O. The second kappa shape index (κ2) is 15.4. The Bertz CT molecular complexity index is 1030. The summed E-state index contributed by atoms with van der Waals surface area (Å²) in [6.45, 7) is 1.60. The van der Waals surface area contributed by atoms with Gasteiger partial charge in [0.1, 0.15) is 12.1 Å². The molecule has 5 atom stereocenters. The number of aromatic amines is 1. The second-order valence-corrected chi connectivity index (χ2v) is 9.05. The van der Waals surface area contributed by atoms with Crippen molar-refractivity contribution < 1.29 is 29.4 Å². The third kappa shape index (κ3) is 9.92. The molecule has 13 heteroatoms. The molecule has 2 rings (SSSR count). The van der Waals surface area contributed by atoms with Crippen molar-refractivity contribution >= 4 is 23.7 Å². The maximum Gasteiger partial charge on any atom is 0.328 e. The van der Waals surface area contributed by atoms with Gasteiger partial charge in [0.05, 0.1) is 18.5 Å². The molecule has 0 bridgehead atoms. The molecule has 1 heterocycles. The summed E-state index contributed by atoms with van der Waals surface area (Å²) in [7, 11) is 0. The third-order valence-electron chi connectivity index (χ3n) is 5.87. The van der Waals surface area contributed by atoms with Gasteiger partial charge in [-0.25, -0.2) is 9.78 Å². The number of hydrogen-bond acceptors (Lipinski definition) is 8. The summed E-state index contributed by atoms with van der Waals surface area (Å²) in [4.78, 5) is 57.4. The predicted octanol–water partition coefficient (Wildman–Crippen LogP) is -1.43. The van der Waals surface area contributed by atoms with E-state index in [9.17, 15) is 29.4 Å². The van der Waals surface area contributed by atoms with Crippen molar-refractivity contribution in [1.82, 2.24) is 25.9 Å². The van der Waals surface area contributed by atoms with Crippen LogP contribution in [-0.2, 0) is 32.0 Å². The van der Waals surface area contributed by atoms with Crippen LogP contribution in [0, 0.1) is 0 Å². The highest BCUT2D eigenvalue weighted by molar-refractivity contribution is 5.94. The number of carboxylic acid groups (broad SMARTS) is 1. The Morgan fingerprint density at radius 2 is 1.63 bits per heavy atom. The van der Waals surface area contributed by atoms with Gasteiger partial charge in [0, 0.05) is 24.7 Å². The number of nitrogens with zero attached hydrogens (tertiary/aromatic N) is 1. The number of aliphatic hydroxyl groups excluding tert-OH is 1. The highest BCUT2D eigenvalue weighted by Crippen LogP contribution is 2.08. The third-order valence-corrected chi connectivity index (χ3v) is 5.87. The lowest BCUT2D eigenvalue weighted by Gasteiger charge is -2.26. The molecule has 1 aromatic heterocycles. The topological polar surface area (TPSA) is 226 Å². The molecule has 0 aliphatic carbocycles. The number of aliphatic hydroxyl groups is 1. The summed E-state index contributed by atoms with van der Waals surface area (Å²) in [6, 6.07) is 4.27. The Balaban J connectivity index is 2.20. The molecule has 0 saturated heterocycles. The van der Waals surface area contributed by atoms with Crippen molar-refractivity contribution in [2.75, 3.05) is 6.54 Å². The number of hydrogen-bond donors (Lipinski definition) is 8. The van der Waals surface area contributed by atoms with Gasteiger partial charge >= 0.3 is 5.97 Å². The first-order chi connectivity index (χ1) is 18.1. The number of nitrogens with two attached hydrogens (primary N) is 2. The Hall–Kier alpha value is -3.81. The molecular weight excluding hydrogens is 494 g/mol. The predicted molar refractivity (Wildman–Crippen MR) is 138 cm³/mol. The van der Waals surface area contributed by atoms with Gasteiger partial charge in [0.2, 0.25) is 17.7 Å². The van der Waals surface area contributed by atoms with E-state index in [0.717, 1.165) is 5.56 Å². The van der Waals surface area contributed by atoms with Crippen molar-refractivity contribution in [2.24, 2.45) is 11.5 Å². The van der Waals surface area contributed by atoms with Crippen LogP contribution in [0.3, 0.4) is 0 Å². The van der Waals surface area contributed by atoms with E-state index in [1.54, 1.807) is 30.5 Å². The maximum absolute atomic E-state index is 13.4. The van der Waals surface area contributed by atoms with Gasteiger partial charge < -0.3 is 42.6 Å². The zero-order valence-corrected chi connectivity index (χ0v) is 21.3. The van der Waals surface area contributed by atoms with Gasteiger partial charge in [-0.3, -0.25) is 14.4 Å². The number of H-pyrrole nitrogens is 1. The fraction of sp³-hybridized carbons (Fsp3) is 0.480. The van der Waals surface area contributed by atoms with E-state index in [1.807, 2.05) is 6.07 Å². The van der Waals surface area contributed by atoms with Crippen LogP contribution in [0.1, 0.15) is 37.4 Å². The smallest absolute Gasteiger partial charge is 0.328 e. The first-order valence-electron chi connectivity index (χ1n) is 12.4. The van der Waals surface area contributed by atoms with E-state index in [1.165, 1.54) is 13.3 Å². The molecule has 0 aliphatic heterocycles. The highest BCUT2D eigenvalue weighted by Gasteiger charge is 2.32. The van der Waals surface area contributed by atoms with E-state index in [4.69, 9.17) is 11.5 Å². The summed E-state index contributed by atoms with van der Waals surface area (Å²) < 4.78 is 0. The number of carbonyl (C=O) groups excluding carboxylic acids is 3. The largest absolute Gasteiger partial charge is 0.480 e. The lowest BCUT2D eigenvalue weighted by Crippen LogP contribution is -2.58. The number of unbranched alkanes of at least 4 members (excludes halogenated alkanes) is 1. The van der Waals surface area contributed by atoms with E-state index < -0.39 is 54.0 Å². The minimum Gasteiger partial charge on any atom is -0.480 e. The molecule has 10 N–H and O–H groups in total.